The first-order valence-corrected chi connectivity index (χ1v) is 6.29. The fourth-order valence-electron chi connectivity index (χ4n) is 2.47. The van der Waals surface area contributed by atoms with E-state index in [1.54, 1.807) is 17.0 Å². The van der Waals surface area contributed by atoms with Crippen molar-refractivity contribution < 1.29 is 19.1 Å². The van der Waals surface area contributed by atoms with E-state index in [-0.39, 0.29) is 25.3 Å². The first-order valence-electron chi connectivity index (χ1n) is 6.29. The number of nitrogens with two attached hydrogens (primary N) is 1. The summed E-state index contributed by atoms with van der Waals surface area (Å²) in [7, 11) is 0. The summed E-state index contributed by atoms with van der Waals surface area (Å²) in [6.07, 6.45) is 2.72. The molecular formula is C13H18N2O4. The summed E-state index contributed by atoms with van der Waals surface area (Å²) in [6.45, 7) is 0.732. The smallest absolute Gasteiger partial charge is 0.230 e. The van der Waals surface area contributed by atoms with Crippen molar-refractivity contribution in [3.8, 4) is 0 Å². The Balaban J connectivity index is 1.96. The van der Waals surface area contributed by atoms with Crippen molar-refractivity contribution >= 4 is 11.8 Å². The van der Waals surface area contributed by atoms with Gasteiger partial charge >= 0.3 is 0 Å². The number of aliphatic hydroxyl groups is 1. The zero-order chi connectivity index (χ0) is 13.9. The average molecular weight is 266 g/mol. The number of carbonyl (C=O) groups excluding carboxylic acids is 2. The predicted molar refractivity (Wildman–Crippen MR) is 67.0 cm³/mol. The van der Waals surface area contributed by atoms with Crippen LogP contribution in [0.5, 0.6) is 0 Å². The Morgan fingerprint density at radius 1 is 1.53 bits per heavy atom. The number of furan rings is 1. The largest absolute Gasteiger partial charge is 0.469 e. The van der Waals surface area contributed by atoms with Gasteiger partial charge in [-0.25, -0.2) is 0 Å². The molecule has 2 amide bonds. The molecule has 0 bridgehead atoms. The molecule has 1 aliphatic heterocycles. The minimum atomic E-state index is -1.19. The molecule has 0 aromatic carbocycles. The van der Waals surface area contributed by atoms with Gasteiger partial charge in [0, 0.05) is 13.1 Å². The van der Waals surface area contributed by atoms with Crippen LogP contribution >= 0.6 is 0 Å². The molecule has 0 saturated carbocycles. The van der Waals surface area contributed by atoms with E-state index in [9.17, 15) is 14.7 Å². The summed E-state index contributed by atoms with van der Waals surface area (Å²) in [6, 6.07) is 3.46. The Bertz CT molecular complexity index is 457. The van der Waals surface area contributed by atoms with Crippen LogP contribution in [0.15, 0.2) is 22.8 Å². The van der Waals surface area contributed by atoms with E-state index in [0.717, 1.165) is 0 Å². The Labute approximate surface area is 111 Å². The number of likely N-dealkylation sites (tertiary alicyclic amines) is 1. The predicted octanol–water partition coefficient (Wildman–Crippen LogP) is 0.0510. The van der Waals surface area contributed by atoms with E-state index < -0.39 is 11.5 Å². The number of nitrogens with zero attached hydrogens (tertiary/aromatic N) is 1. The highest BCUT2D eigenvalue weighted by atomic mass is 16.3. The summed E-state index contributed by atoms with van der Waals surface area (Å²) in [5, 5.41) is 10.3. The van der Waals surface area contributed by atoms with Gasteiger partial charge in [-0.2, -0.15) is 0 Å². The van der Waals surface area contributed by atoms with Crippen molar-refractivity contribution in [3.63, 3.8) is 0 Å². The van der Waals surface area contributed by atoms with Gasteiger partial charge in [0.25, 0.3) is 0 Å². The van der Waals surface area contributed by atoms with E-state index in [0.29, 0.717) is 25.1 Å². The molecule has 1 aliphatic rings. The number of hydrogen-bond acceptors (Lipinski definition) is 4. The van der Waals surface area contributed by atoms with Crippen LogP contribution in [-0.4, -0.2) is 40.5 Å². The third-order valence-electron chi connectivity index (χ3n) is 3.32. The lowest BCUT2D eigenvalue weighted by molar-refractivity contribution is -0.141. The summed E-state index contributed by atoms with van der Waals surface area (Å²) < 4.78 is 5.13. The van der Waals surface area contributed by atoms with E-state index in [1.165, 1.54) is 6.26 Å². The standard InChI is InChI=1S/C13H18N2O4/c14-11(16)8-13(18)4-2-5-15(9-13)12(17)7-10-3-1-6-19-10/h1,3,6,18H,2,4-5,7-9H2,(H2,14,16). The molecule has 0 radical (unpaired) electrons. The summed E-state index contributed by atoms with van der Waals surface area (Å²) in [5.74, 6) is -0.0746. The summed E-state index contributed by atoms with van der Waals surface area (Å²) >= 11 is 0. The number of carbonyl (C=O) groups is 2. The first-order chi connectivity index (χ1) is 8.98. The van der Waals surface area contributed by atoms with Crippen molar-refractivity contribution in [2.24, 2.45) is 5.73 Å². The van der Waals surface area contributed by atoms with Crippen LogP contribution in [0.1, 0.15) is 25.0 Å². The highest BCUT2D eigenvalue weighted by Gasteiger charge is 2.36. The molecule has 3 N–H and O–H groups in total. The normalized spacial score (nSPS) is 23.3. The zero-order valence-corrected chi connectivity index (χ0v) is 10.7. The molecular weight excluding hydrogens is 248 g/mol. The van der Waals surface area contributed by atoms with E-state index >= 15 is 0 Å². The second-order valence-corrected chi connectivity index (χ2v) is 5.04. The summed E-state index contributed by atoms with van der Waals surface area (Å²) in [5.41, 5.74) is 3.93. The van der Waals surface area contributed by atoms with Crippen LogP contribution in [0.3, 0.4) is 0 Å². The molecule has 1 saturated heterocycles. The number of β-amino-alcohol motifs (C(OH)–C–C–N with tert-alkyl or cyclic N) is 1. The molecule has 6 nitrogen and oxygen atoms in total. The fourth-order valence-corrected chi connectivity index (χ4v) is 2.47. The van der Waals surface area contributed by atoms with Gasteiger partial charge in [-0.05, 0) is 25.0 Å². The Morgan fingerprint density at radius 3 is 2.95 bits per heavy atom. The minimum Gasteiger partial charge on any atom is -0.469 e. The van der Waals surface area contributed by atoms with Gasteiger partial charge in [0.15, 0.2) is 0 Å². The third kappa shape index (κ3) is 3.57. The van der Waals surface area contributed by atoms with Crippen molar-refractivity contribution in [2.75, 3.05) is 13.1 Å². The van der Waals surface area contributed by atoms with Gasteiger partial charge < -0.3 is 20.2 Å². The molecule has 19 heavy (non-hydrogen) atoms. The van der Waals surface area contributed by atoms with Gasteiger partial charge in [0.1, 0.15) is 5.76 Å². The second-order valence-electron chi connectivity index (χ2n) is 5.04. The number of hydrogen-bond donors (Lipinski definition) is 2. The monoisotopic (exact) mass is 266 g/mol. The highest BCUT2D eigenvalue weighted by molar-refractivity contribution is 5.79. The number of piperidine rings is 1. The first kappa shape index (κ1) is 13.6. The fraction of sp³-hybridized carbons (Fsp3) is 0.538. The lowest BCUT2D eigenvalue weighted by Crippen LogP contribution is -2.52. The van der Waals surface area contributed by atoms with Crippen molar-refractivity contribution in [1.29, 1.82) is 0 Å². The Morgan fingerprint density at radius 2 is 2.32 bits per heavy atom. The molecule has 1 aromatic heterocycles. The molecule has 1 fully saturated rings. The molecule has 6 heteroatoms. The maximum Gasteiger partial charge on any atom is 0.230 e. The van der Waals surface area contributed by atoms with Crippen LogP contribution in [-0.2, 0) is 16.0 Å². The molecule has 1 unspecified atom stereocenters. The molecule has 1 atom stereocenters. The molecule has 1 aromatic rings. The third-order valence-corrected chi connectivity index (χ3v) is 3.32. The molecule has 2 heterocycles. The highest BCUT2D eigenvalue weighted by Crippen LogP contribution is 2.24. The number of rotatable bonds is 4. The molecule has 0 spiro atoms. The van der Waals surface area contributed by atoms with Crippen LogP contribution in [0.2, 0.25) is 0 Å². The van der Waals surface area contributed by atoms with Crippen LogP contribution in [0, 0.1) is 0 Å². The maximum absolute atomic E-state index is 12.1. The van der Waals surface area contributed by atoms with Gasteiger partial charge in [0.2, 0.25) is 11.8 Å². The zero-order valence-electron chi connectivity index (χ0n) is 10.7. The quantitative estimate of drug-likeness (QED) is 0.804. The van der Waals surface area contributed by atoms with Crippen LogP contribution < -0.4 is 5.73 Å². The van der Waals surface area contributed by atoms with Crippen molar-refractivity contribution in [2.45, 2.75) is 31.3 Å². The van der Waals surface area contributed by atoms with E-state index in [1.807, 2.05) is 0 Å². The van der Waals surface area contributed by atoms with E-state index in [4.69, 9.17) is 10.2 Å². The second kappa shape index (κ2) is 5.44. The average Bonchev–Trinajstić information content (AvgIpc) is 2.80. The van der Waals surface area contributed by atoms with E-state index in [2.05, 4.69) is 0 Å². The van der Waals surface area contributed by atoms with Crippen LogP contribution in [0.4, 0.5) is 0 Å². The number of amides is 2. The van der Waals surface area contributed by atoms with Crippen LogP contribution in [0.25, 0.3) is 0 Å². The van der Waals surface area contributed by atoms with Gasteiger partial charge in [-0.15, -0.1) is 0 Å². The van der Waals surface area contributed by atoms with Gasteiger partial charge in [0.05, 0.1) is 24.7 Å². The minimum absolute atomic E-state index is 0.113. The number of primary amides is 1. The molecule has 104 valence electrons. The van der Waals surface area contributed by atoms with Gasteiger partial charge in [-0.1, -0.05) is 0 Å². The SMILES string of the molecule is NC(=O)CC1(O)CCCN(C(=O)Cc2ccco2)C1. The summed E-state index contributed by atoms with van der Waals surface area (Å²) in [4.78, 5) is 24.6. The van der Waals surface area contributed by atoms with Crippen molar-refractivity contribution in [3.05, 3.63) is 24.2 Å². The lowest BCUT2D eigenvalue weighted by Gasteiger charge is -2.38. The Hall–Kier alpha value is -1.82. The molecule has 0 aliphatic carbocycles. The Kier molecular flexibility index (Phi) is 3.90. The maximum atomic E-state index is 12.1. The van der Waals surface area contributed by atoms with Gasteiger partial charge in [-0.3, -0.25) is 9.59 Å². The topological polar surface area (TPSA) is 96.8 Å². The lowest BCUT2D eigenvalue weighted by atomic mass is 9.89. The van der Waals surface area contributed by atoms with Crippen molar-refractivity contribution in [1.82, 2.24) is 4.90 Å². The molecule has 2 rings (SSSR count).